The van der Waals surface area contributed by atoms with E-state index in [0.29, 0.717) is 22.8 Å². The van der Waals surface area contributed by atoms with Gasteiger partial charge in [0, 0.05) is 30.6 Å². The van der Waals surface area contributed by atoms with Gasteiger partial charge in [0.2, 0.25) is 0 Å². The Morgan fingerprint density at radius 2 is 1.97 bits per heavy atom. The summed E-state index contributed by atoms with van der Waals surface area (Å²) in [5, 5.41) is 4.86. The standard InChI is InChI=1S/C21H22ClN3O3S/c1-2-10-24-13-16(4-8-21(24)26)25-11-9-20(23-25)18-7-3-15(12-19(18)22)14-29(27,28)17-5-6-17/h3-4,7-9,11-13,17H,2,5-6,10,14H2,1H3. The van der Waals surface area contributed by atoms with E-state index in [1.807, 2.05) is 25.3 Å². The van der Waals surface area contributed by atoms with Gasteiger partial charge < -0.3 is 4.57 Å². The number of hydrogen-bond donors (Lipinski definition) is 0. The van der Waals surface area contributed by atoms with E-state index in [0.717, 1.165) is 30.5 Å². The minimum atomic E-state index is -3.08. The van der Waals surface area contributed by atoms with Gasteiger partial charge in [-0.25, -0.2) is 13.1 Å². The molecule has 4 rings (SSSR count). The highest BCUT2D eigenvalue weighted by atomic mass is 35.5. The molecule has 1 aliphatic rings. The van der Waals surface area contributed by atoms with Crippen LogP contribution in [0, 0.1) is 0 Å². The minimum absolute atomic E-state index is 0.0189. The first kappa shape index (κ1) is 19.9. The molecule has 0 amide bonds. The number of aryl methyl sites for hydroxylation is 1. The minimum Gasteiger partial charge on any atom is -0.313 e. The fourth-order valence-corrected chi connectivity index (χ4v) is 5.35. The number of benzene rings is 1. The van der Waals surface area contributed by atoms with Crippen molar-refractivity contribution in [1.82, 2.24) is 14.3 Å². The van der Waals surface area contributed by atoms with Crippen LogP contribution in [0.1, 0.15) is 31.7 Å². The number of sulfone groups is 1. The van der Waals surface area contributed by atoms with Gasteiger partial charge in [0.05, 0.1) is 27.4 Å². The molecule has 29 heavy (non-hydrogen) atoms. The van der Waals surface area contributed by atoms with Gasteiger partial charge in [-0.05, 0) is 43.0 Å². The van der Waals surface area contributed by atoms with Crippen molar-refractivity contribution >= 4 is 21.4 Å². The van der Waals surface area contributed by atoms with Crippen LogP contribution in [0.5, 0.6) is 0 Å². The molecule has 0 aliphatic heterocycles. The maximum Gasteiger partial charge on any atom is 0.250 e. The van der Waals surface area contributed by atoms with Crippen molar-refractivity contribution in [3.63, 3.8) is 0 Å². The van der Waals surface area contributed by atoms with E-state index in [2.05, 4.69) is 5.10 Å². The maximum atomic E-state index is 12.2. The molecule has 0 N–H and O–H groups in total. The van der Waals surface area contributed by atoms with Gasteiger partial charge in [-0.2, -0.15) is 5.10 Å². The first-order chi connectivity index (χ1) is 13.9. The fraction of sp³-hybridized carbons (Fsp3) is 0.333. The maximum absolute atomic E-state index is 12.2. The van der Waals surface area contributed by atoms with Gasteiger partial charge in [0.1, 0.15) is 0 Å². The first-order valence-electron chi connectivity index (χ1n) is 9.64. The van der Waals surface area contributed by atoms with E-state index in [1.54, 1.807) is 33.6 Å². The summed E-state index contributed by atoms with van der Waals surface area (Å²) in [6.45, 7) is 2.67. The Bertz CT molecular complexity index is 1210. The number of rotatable bonds is 7. The van der Waals surface area contributed by atoms with Gasteiger partial charge in [-0.15, -0.1) is 0 Å². The summed E-state index contributed by atoms with van der Waals surface area (Å²) in [5.41, 5.74) is 2.85. The number of halogens is 1. The van der Waals surface area contributed by atoms with Crippen LogP contribution in [0.3, 0.4) is 0 Å². The van der Waals surface area contributed by atoms with Crippen molar-refractivity contribution in [1.29, 1.82) is 0 Å². The van der Waals surface area contributed by atoms with Crippen LogP contribution in [-0.2, 0) is 22.1 Å². The Balaban J connectivity index is 1.59. The van der Waals surface area contributed by atoms with Crippen LogP contribution in [0.15, 0.2) is 53.6 Å². The molecule has 1 saturated carbocycles. The van der Waals surface area contributed by atoms with Gasteiger partial charge in [0.15, 0.2) is 9.84 Å². The van der Waals surface area contributed by atoms with Crippen molar-refractivity contribution < 1.29 is 8.42 Å². The Morgan fingerprint density at radius 1 is 1.17 bits per heavy atom. The molecule has 0 unspecified atom stereocenters. The van der Waals surface area contributed by atoms with Gasteiger partial charge >= 0.3 is 0 Å². The number of hydrogen-bond acceptors (Lipinski definition) is 4. The molecule has 6 nitrogen and oxygen atoms in total. The fourth-order valence-electron chi connectivity index (χ4n) is 3.31. The summed E-state index contributed by atoms with van der Waals surface area (Å²) >= 11 is 6.44. The molecule has 2 aromatic heterocycles. The molecule has 1 fully saturated rings. The van der Waals surface area contributed by atoms with Crippen LogP contribution < -0.4 is 5.56 Å². The van der Waals surface area contributed by atoms with Gasteiger partial charge in [-0.1, -0.05) is 30.7 Å². The SMILES string of the molecule is CCCn1cc(-n2ccc(-c3ccc(CS(=O)(=O)C4CC4)cc3Cl)n2)ccc1=O. The Kier molecular flexibility index (Phi) is 5.36. The molecule has 0 bridgehead atoms. The molecule has 3 aromatic rings. The molecular weight excluding hydrogens is 410 g/mol. The Morgan fingerprint density at radius 3 is 2.66 bits per heavy atom. The van der Waals surface area contributed by atoms with Crippen molar-refractivity contribution in [2.45, 2.75) is 43.7 Å². The highest BCUT2D eigenvalue weighted by Gasteiger charge is 2.35. The molecule has 8 heteroatoms. The van der Waals surface area contributed by atoms with Crippen molar-refractivity contribution in [2.75, 3.05) is 0 Å². The van der Waals surface area contributed by atoms with E-state index in [4.69, 9.17) is 11.6 Å². The summed E-state index contributed by atoms with van der Waals surface area (Å²) in [6, 6.07) is 10.4. The molecule has 0 saturated heterocycles. The first-order valence-corrected chi connectivity index (χ1v) is 11.7. The monoisotopic (exact) mass is 431 g/mol. The normalized spacial score (nSPS) is 14.3. The average molecular weight is 432 g/mol. The zero-order chi connectivity index (χ0) is 20.6. The van der Waals surface area contributed by atoms with Crippen LogP contribution in [0.2, 0.25) is 5.02 Å². The molecule has 152 valence electrons. The Labute approximate surface area is 174 Å². The average Bonchev–Trinajstić information content (AvgIpc) is 3.43. The van der Waals surface area contributed by atoms with Gasteiger partial charge in [-0.3, -0.25) is 4.79 Å². The van der Waals surface area contributed by atoms with Crippen molar-refractivity contribution in [3.8, 4) is 16.9 Å². The van der Waals surface area contributed by atoms with E-state index in [-0.39, 0.29) is 16.6 Å². The summed E-state index contributed by atoms with van der Waals surface area (Å²) in [4.78, 5) is 11.9. The Hall–Kier alpha value is -2.38. The largest absolute Gasteiger partial charge is 0.313 e. The number of pyridine rings is 1. The number of nitrogens with zero attached hydrogens (tertiary/aromatic N) is 3. The lowest BCUT2D eigenvalue weighted by atomic mass is 10.1. The van der Waals surface area contributed by atoms with E-state index < -0.39 is 9.84 Å². The van der Waals surface area contributed by atoms with Gasteiger partial charge in [0.25, 0.3) is 5.56 Å². The third kappa shape index (κ3) is 4.31. The molecular formula is C21H22ClN3O3S. The predicted octanol–water partition coefficient (Wildman–Crippen LogP) is 3.84. The zero-order valence-corrected chi connectivity index (χ0v) is 17.7. The predicted molar refractivity (Wildman–Crippen MR) is 114 cm³/mol. The second-order valence-electron chi connectivity index (χ2n) is 7.39. The van der Waals surface area contributed by atoms with E-state index in [1.165, 1.54) is 6.07 Å². The van der Waals surface area contributed by atoms with Crippen LogP contribution in [-0.4, -0.2) is 28.0 Å². The van der Waals surface area contributed by atoms with Crippen LogP contribution in [0.4, 0.5) is 0 Å². The summed E-state index contributed by atoms with van der Waals surface area (Å²) in [6.07, 6.45) is 5.99. The summed E-state index contributed by atoms with van der Waals surface area (Å²) in [5.74, 6) is 0.0189. The van der Waals surface area contributed by atoms with Crippen LogP contribution in [0.25, 0.3) is 16.9 Å². The second-order valence-corrected chi connectivity index (χ2v) is 10.1. The molecule has 0 atom stereocenters. The zero-order valence-electron chi connectivity index (χ0n) is 16.1. The lowest BCUT2D eigenvalue weighted by molar-refractivity contribution is 0.594. The summed E-state index contributed by atoms with van der Waals surface area (Å²) < 4.78 is 27.8. The quantitative estimate of drug-likeness (QED) is 0.569. The van der Waals surface area contributed by atoms with E-state index in [9.17, 15) is 13.2 Å². The lowest BCUT2D eigenvalue weighted by Gasteiger charge is -2.08. The smallest absolute Gasteiger partial charge is 0.250 e. The lowest BCUT2D eigenvalue weighted by Crippen LogP contribution is -2.19. The summed E-state index contributed by atoms with van der Waals surface area (Å²) in [7, 11) is -3.08. The highest BCUT2D eigenvalue weighted by Crippen LogP contribution is 2.33. The molecule has 1 aliphatic carbocycles. The van der Waals surface area contributed by atoms with Crippen LogP contribution >= 0.6 is 11.6 Å². The molecule has 0 radical (unpaired) electrons. The molecule has 2 heterocycles. The van der Waals surface area contributed by atoms with Crippen molar-refractivity contribution in [2.24, 2.45) is 0 Å². The van der Waals surface area contributed by atoms with E-state index >= 15 is 0 Å². The molecule has 1 aromatic carbocycles. The third-order valence-corrected chi connectivity index (χ3v) is 7.53. The number of aromatic nitrogens is 3. The topological polar surface area (TPSA) is 74.0 Å². The third-order valence-electron chi connectivity index (χ3n) is 5.00. The second kappa shape index (κ2) is 7.80. The molecule has 0 spiro atoms. The van der Waals surface area contributed by atoms with Crippen molar-refractivity contribution in [3.05, 3.63) is 69.7 Å². The highest BCUT2D eigenvalue weighted by molar-refractivity contribution is 7.91.